The van der Waals surface area contributed by atoms with Gasteiger partial charge in [-0.05, 0) is 51.4 Å². The summed E-state index contributed by atoms with van der Waals surface area (Å²) in [5.74, 6) is 0.665. The molecule has 1 amide bonds. The van der Waals surface area contributed by atoms with E-state index in [2.05, 4.69) is 118 Å². The minimum Gasteiger partial charge on any atom is -0.446 e. The Morgan fingerprint density at radius 1 is 0.756 bits per heavy atom. The van der Waals surface area contributed by atoms with E-state index in [0.29, 0.717) is 5.92 Å². The van der Waals surface area contributed by atoms with Gasteiger partial charge < -0.3 is 4.74 Å². The summed E-state index contributed by atoms with van der Waals surface area (Å²) in [5.41, 5.74) is 0.683. The number of allylic oxidation sites excluding steroid dienone is 1. The number of carbonyl (C=O) groups excluding carboxylic acids is 2. The van der Waals surface area contributed by atoms with Crippen LogP contribution in [0.2, 0.25) is 0 Å². The highest BCUT2D eigenvalue weighted by molar-refractivity contribution is 7.12. The standard InChI is InChI=1S/C40H43NO3Si/c1-30-24-25-36(40(2,3)31-16-8-4-9-17-31)37(28-30)44-39(43)41-27-26-32(42)29-38(41)45(33-18-10-5-11-19-33,34-20-12-6-13-21-34)35-22-14-7-15-23-35/h4-23,26-27,30,36-38H,24-25,28-29H2,1-3H3/t30-,36-,37-,38+/m1/s1. The van der Waals surface area contributed by atoms with Gasteiger partial charge in [0.15, 0.2) is 13.9 Å². The molecule has 1 saturated carbocycles. The lowest BCUT2D eigenvalue weighted by molar-refractivity contribution is -0.115. The van der Waals surface area contributed by atoms with Crippen LogP contribution in [0.4, 0.5) is 4.79 Å². The van der Waals surface area contributed by atoms with Crippen molar-refractivity contribution in [2.24, 2.45) is 11.8 Å². The number of ether oxygens (including phenoxy) is 1. The van der Waals surface area contributed by atoms with Crippen LogP contribution in [-0.2, 0) is 14.9 Å². The fourth-order valence-corrected chi connectivity index (χ4v) is 13.3. The number of ketones is 1. The molecule has 0 bridgehead atoms. The molecule has 0 N–H and O–H groups in total. The lowest BCUT2D eigenvalue weighted by Gasteiger charge is -2.47. The molecule has 1 aliphatic carbocycles. The quantitative estimate of drug-likeness (QED) is 0.171. The first-order valence-corrected chi connectivity index (χ1v) is 18.3. The summed E-state index contributed by atoms with van der Waals surface area (Å²) in [6.07, 6.45) is 5.81. The molecule has 0 saturated heterocycles. The van der Waals surface area contributed by atoms with E-state index >= 15 is 0 Å². The van der Waals surface area contributed by atoms with Gasteiger partial charge in [0.25, 0.3) is 0 Å². The number of carbonyl (C=O) groups is 2. The highest BCUT2D eigenvalue weighted by Crippen LogP contribution is 2.44. The number of benzene rings is 4. The predicted octanol–water partition coefficient (Wildman–Crippen LogP) is 6.77. The van der Waals surface area contributed by atoms with Gasteiger partial charge in [0, 0.05) is 18.5 Å². The van der Waals surface area contributed by atoms with Crippen molar-refractivity contribution in [1.82, 2.24) is 4.90 Å². The Bertz CT molecular complexity index is 1530. The van der Waals surface area contributed by atoms with Crippen LogP contribution in [0, 0.1) is 11.8 Å². The molecular formula is C40H43NO3Si. The highest BCUT2D eigenvalue weighted by atomic mass is 28.3. The largest absolute Gasteiger partial charge is 0.446 e. The Morgan fingerprint density at radius 3 is 1.76 bits per heavy atom. The molecule has 4 atom stereocenters. The van der Waals surface area contributed by atoms with E-state index in [4.69, 9.17) is 4.74 Å². The molecule has 5 heteroatoms. The van der Waals surface area contributed by atoms with Gasteiger partial charge in [-0.25, -0.2) is 4.79 Å². The van der Waals surface area contributed by atoms with Crippen LogP contribution in [0.25, 0.3) is 0 Å². The molecule has 230 valence electrons. The van der Waals surface area contributed by atoms with Crippen molar-refractivity contribution in [3.05, 3.63) is 139 Å². The first-order chi connectivity index (χ1) is 21.8. The Hall–Kier alpha value is -4.22. The Morgan fingerprint density at radius 2 is 1.24 bits per heavy atom. The van der Waals surface area contributed by atoms with Crippen molar-refractivity contribution < 1.29 is 14.3 Å². The topological polar surface area (TPSA) is 46.6 Å². The van der Waals surface area contributed by atoms with Gasteiger partial charge in [-0.1, -0.05) is 149 Å². The Kier molecular flexibility index (Phi) is 8.91. The third kappa shape index (κ3) is 5.94. The van der Waals surface area contributed by atoms with Gasteiger partial charge in [-0.2, -0.15) is 0 Å². The molecule has 2 aliphatic rings. The van der Waals surface area contributed by atoms with Crippen molar-refractivity contribution in [1.29, 1.82) is 0 Å². The van der Waals surface area contributed by atoms with Gasteiger partial charge >= 0.3 is 6.09 Å². The molecule has 0 radical (unpaired) electrons. The third-order valence-electron chi connectivity index (χ3n) is 10.3. The van der Waals surface area contributed by atoms with Crippen LogP contribution < -0.4 is 15.6 Å². The van der Waals surface area contributed by atoms with Crippen LogP contribution in [0.15, 0.2) is 134 Å². The summed E-state index contributed by atoms with van der Waals surface area (Å²) in [4.78, 5) is 29.7. The number of nitrogens with zero attached hydrogens (tertiary/aromatic N) is 1. The van der Waals surface area contributed by atoms with E-state index in [1.165, 1.54) is 5.56 Å². The van der Waals surface area contributed by atoms with Gasteiger partial charge in [-0.15, -0.1) is 0 Å². The molecule has 1 fully saturated rings. The van der Waals surface area contributed by atoms with Crippen molar-refractivity contribution in [2.75, 3.05) is 0 Å². The lowest BCUT2D eigenvalue weighted by atomic mass is 9.64. The zero-order valence-electron chi connectivity index (χ0n) is 26.5. The smallest absolute Gasteiger partial charge is 0.414 e. The Balaban J connectivity index is 1.44. The van der Waals surface area contributed by atoms with E-state index in [1.807, 2.05) is 24.3 Å². The fourth-order valence-electron chi connectivity index (χ4n) is 7.91. The fraction of sp³-hybridized carbons (Fsp3) is 0.300. The van der Waals surface area contributed by atoms with Crippen LogP contribution >= 0.6 is 0 Å². The van der Waals surface area contributed by atoms with E-state index in [9.17, 15) is 9.59 Å². The lowest BCUT2D eigenvalue weighted by Crippen LogP contribution is -2.78. The summed E-state index contributed by atoms with van der Waals surface area (Å²) in [7, 11) is -3.02. The molecule has 4 aromatic carbocycles. The van der Waals surface area contributed by atoms with Crippen molar-refractivity contribution in [3.8, 4) is 0 Å². The SMILES string of the molecule is C[C@@H]1CC[C@@H](C(C)(C)c2ccccc2)[C@H](OC(=O)N2C=CC(=O)C[C@@H]2[Si](c2ccccc2)(c2ccccc2)c2ccccc2)C1. The number of hydrogen-bond acceptors (Lipinski definition) is 3. The number of hydrogen-bond donors (Lipinski definition) is 0. The van der Waals surface area contributed by atoms with Gasteiger partial charge in [-0.3, -0.25) is 9.69 Å². The second kappa shape index (κ2) is 13.0. The van der Waals surface area contributed by atoms with E-state index in [-0.39, 0.29) is 35.7 Å². The van der Waals surface area contributed by atoms with Gasteiger partial charge in [0.1, 0.15) is 6.10 Å². The van der Waals surface area contributed by atoms with Crippen molar-refractivity contribution in [3.63, 3.8) is 0 Å². The maximum Gasteiger partial charge on any atom is 0.414 e. The van der Waals surface area contributed by atoms with E-state index in [1.54, 1.807) is 17.2 Å². The Labute approximate surface area is 268 Å². The zero-order valence-corrected chi connectivity index (χ0v) is 27.5. The minimum atomic E-state index is -3.02. The summed E-state index contributed by atoms with van der Waals surface area (Å²) >= 11 is 0. The molecule has 1 heterocycles. The number of rotatable bonds is 7. The van der Waals surface area contributed by atoms with Crippen LogP contribution in [0.1, 0.15) is 52.0 Å². The predicted molar refractivity (Wildman–Crippen MR) is 185 cm³/mol. The summed E-state index contributed by atoms with van der Waals surface area (Å²) < 4.78 is 6.64. The van der Waals surface area contributed by atoms with Crippen LogP contribution in [-0.4, -0.2) is 36.6 Å². The van der Waals surface area contributed by atoms with Crippen molar-refractivity contribution in [2.45, 2.75) is 63.6 Å². The molecule has 1 aliphatic heterocycles. The molecule has 0 aromatic heterocycles. The molecule has 45 heavy (non-hydrogen) atoms. The maximum absolute atomic E-state index is 14.6. The monoisotopic (exact) mass is 613 g/mol. The second-order valence-electron chi connectivity index (χ2n) is 13.3. The number of amides is 1. The average molecular weight is 614 g/mol. The summed E-state index contributed by atoms with van der Waals surface area (Å²) in [6, 6.07) is 42.0. The van der Waals surface area contributed by atoms with E-state index < -0.39 is 13.7 Å². The zero-order chi connectivity index (χ0) is 31.4. The molecule has 4 aromatic rings. The highest BCUT2D eigenvalue weighted by Gasteiger charge is 2.52. The molecular weight excluding hydrogens is 571 g/mol. The summed E-state index contributed by atoms with van der Waals surface area (Å²) in [6.45, 7) is 6.82. The second-order valence-corrected chi connectivity index (χ2v) is 17.4. The molecule has 0 spiro atoms. The van der Waals surface area contributed by atoms with Crippen molar-refractivity contribution >= 4 is 35.5 Å². The first kappa shape index (κ1) is 30.8. The first-order valence-electron chi connectivity index (χ1n) is 16.2. The third-order valence-corrected chi connectivity index (χ3v) is 15.5. The summed E-state index contributed by atoms with van der Waals surface area (Å²) in [5, 5.41) is 3.47. The van der Waals surface area contributed by atoms with Crippen LogP contribution in [0.3, 0.4) is 0 Å². The van der Waals surface area contributed by atoms with Gasteiger partial charge in [0.2, 0.25) is 0 Å². The molecule has 4 nitrogen and oxygen atoms in total. The average Bonchev–Trinajstić information content (AvgIpc) is 3.07. The normalized spacial score (nSPS) is 22.2. The molecule has 6 rings (SSSR count). The van der Waals surface area contributed by atoms with Crippen LogP contribution in [0.5, 0.6) is 0 Å². The minimum absolute atomic E-state index is 0.0260. The maximum atomic E-state index is 14.6. The molecule has 0 unspecified atom stereocenters. The van der Waals surface area contributed by atoms with Gasteiger partial charge in [0.05, 0.1) is 5.67 Å². The van der Waals surface area contributed by atoms with E-state index in [0.717, 1.165) is 34.8 Å².